The molecular formula is C23H21ClN4O3. The number of benzene rings is 2. The third-order valence-electron chi connectivity index (χ3n) is 5.04. The lowest BCUT2D eigenvalue weighted by Gasteiger charge is -2.24. The molecule has 0 saturated heterocycles. The minimum Gasteiger partial charge on any atom is -0.490 e. The van der Waals surface area contributed by atoms with Gasteiger partial charge >= 0.3 is 0 Å². The first-order valence-electron chi connectivity index (χ1n) is 9.78. The van der Waals surface area contributed by atoms with Crippen LogP contribution in [0.2, 0.25) is 5.02 Å². The van der Waals surface area contributed by atoms with E-state index in [1.165, 1.54) is 0 Å². The molecule has 158 valence electrons. The van der Waals surface area contributed by atoms with E-state index >= 15 is 0 Å². The van der Waals surface area contributed by atoms with Crippen LogP contribution in [0.5, 0.6) is 17.4 Å². The highest BCUT2D eigenvalue weighted by Crippen LogP contribution is 2.44. The van der Waals surface area contributed by atoms with E-state index in [4.69, 9.17) is 31.5 Å². The Bertz CT molecular complexity index is 1180. The van der Waals surface area contributed by atoms with Crippen molar-refractivity contribution >= 4 is 11.6 Å². The smallest absolute Gasteiger partial charge is 0.244 e. The molecular weight excluding hydrogens is 416 g/mol. The number of hydrogen-bond acceptors (Lipinski definition) is 6. The summed E-state index contributed by atoms with van der Waals surface area (Å²) < 4.78 is 17.4. The summed E-state index contributed by atoms with van der Waals surface area (Å²) in [5.41, 5.74) is 9.74. The molecule has 0 fully saturated rings. The molecule has 2 heterocycles. The van der Waals surface area contributed by atoms with E-state index in [9.17, 15) is 5.26 Å². The van der Waals surface area contributed by atoms with Gasteiger partial charge in [0.25, 0.3) is 0 Å². The quantitative estimate of drug-likeness (QED) is 0.586. The molecule has 0 spiro atoms. The lowest BCUT2D eigenvalue weighted by Crippen LogP contribution is -2.21. The summed E-state index contributed by atoms with van der Waals surface area (Å²) >= 11 is 5.95. The van der Waals surface area contributed by atoms with Gasteiger partial charge in [0, 0.05) is 16.3 Å². The van der Waals surface area contributed by atoms with Crippen molar-refractivity contribution in [2.45, 2.75) is 26.4 Å². The molecule has 1 aromatic heterocycles. The maximum atomic E-state index is 9.74. The monoisotopic (exact) mass is 436 g/mol. The molecule has 1 aliphatic rings. The van der Waals surface area contributed by atoms with Crippen LogP contribution in [0.4, 0.5) is 0 Å². The van der Waals surface area contributed by atoms with Crippen molar-refractivity contribution in [3.63, 3.8) is 0 Å². The zero-order valence-corrected chi connectivity index (χ0v) is 17.9. The van der Waals surface area contributed by atoms with Crippen LogP contribution >= 0.6 is 11.6 Å². The molecule has 0 saturated carbocycles. The van der Waals surface area contributed by atoms with E-state index in [1.54, 1.807) is 0 Å². The summed E-state index contributed by atoms with van der Waals surface area (Å²) in [6.45, 7) is 4.62. The molecule has 4 rings (SSSR count). The van der Waals surface area contributed by atoms with E-state index in [2.05, 4.69) is 16.3 Å². The number of aromatic amines is 1. The number of nitriles is 1. The molecule has 0 unspecified atom stereocenters. The third-order valence-corrected chi connectivity index (χ3v) is 5.29. The van der Waals surface area contributed by atoms with Gasteiger partial charge in [-0.3, -0.25) is 5.10 Å². The molecule has 31 heavy (non-hydrogen) atoms. The largest absolute Gasteiger partial charge is 0.490 e. The summed E-state index contributed by atoms with van der Waals surface area (Å²) in [7, 11) is 0. The normalized spacial score (nSPS) is 15.1. The fourth-order valence-electron chi connectivity index (χ4n) is 3.57. The average molecular weight is 437 g/mol. The molecule has 0 amide bonds. The van der Waals surface area contributed by atoms with Gasteiger partial charge in [0.2, 0.25) is 11.8 Å². The van der Waals surface area contributed by atoms with Crippen LogP contribution in [-0.4, -0.2) is 16.8 Å². The van der Waals surface area contributed by atoms with E-state index in [0.29, 0.717) is 41.2 Å². The minimum absolute atomic E-state index is 0.0486. The molecule has 2 aromatic carbocycles. The van der Waals surface area contributed by atoms with Gasteiger partial charge in [-0.25, -0.2) is 0 Å². The number of aromatic nitrogens is 2. The van der Waals surface area contributed by atoms with Crippen molar-refractivity contribution in [3.05, 3.63) is 81.3 Å². The Morgan fingerprint density at radius 2 is 1.97 bits per heavy atom. The number of ether oxygens (including phenoxy) is 3. The Hall–Kier alpha value is -3.63. The van der Waals surface area contributed by atoms with Crippen LogP contribution in [0, 0.1) is 18.3 Å². The van der Waals surface area contributed by atoms with E-state index in [0.717, 1.165) is 22.4 Å². The minimum atomic E-state index is -0.419. The van der Waals surface area contributed by atoms with Crippen LogP contribution in [0.25, 0.3) is 0 Å². The number of rotatable bonds is 6. The van der Waals surface area contributed by atoms with Gasteiger partial charge in [0.15, 0.2) is 11.5 Å². The van der Waals surface area contributed by atoms with Crippen molar-refractivity contribution in [1.82, 2.24) is 10.2 Å². The molecule has 0 bridgehead atoms. The van der Waals surface area contributed by atoms with Gasteiger partial charge in [0.05, 0.1) is 12.5 Å². The Morgan fingerprint density at radius 3 is 2.68 bits per heavy atom. The Morgan fingerprint density at radius 1 is 1.19 bits per heavy atom. The van der Waals surface area contributed by atoms with Gasteiger partial charge in [-0.05, 0) is 49.2 Å². The maximum absolute atomic E-state index is 9.74. The Kier molecular flexibility index (Phi) is 5.74. The van der Waals surface area contributed by atoms with Crippen LogP contribution in [0.1, 0.15) is 35.2 Å². The Balaban J connectivity index is 1.69. The first-order valence-corrected chi connectivity index (χ1v) is 10.2. The lowest BCUT2D eigenvalue weighted by atomic mass is 9.84. The topological polar surface area (TPSA) is 106 Å². The number of allylic oxidation sites excluding steroid dienone is 1. The van der Waals surface area contributed by atoms with Crippen molar-refractivity contribution in [3.8, 4) is 23.4 Å². The molecule has 3 aromatic rings. The predicted molar refractivity (Wildman–Crippen MR) is 116 cm³/mol. The second-order valence-electron chi connectivity index (χ2n) is 7.05. The maximum Gasteiger partial charge on any atom is 0.244 e. The summed E-state index contributed by atoms with van der Waals surface area (Å²) in [5, 5.41) is 17.5. The molecule has 7 nitrogen and oxygen atoms in total. The first kappa shape index (κ1) is 20.6. The summed E-state index contributed by atoms with van der Waals surface area (Å²) in [6, 6.07) is 15.3. The zero-order chi connectivity index (χ0) is 22.0. The third kappa shape index (κ3) is 4.03. The average Bonchev–Trinajstić information content (AvgIpc) is 3.13. The molecule has 0 radical (unpaired) electrons. The molecule has 1 aliphatic heterocycles. The van der Waals surface area contributed by atoms with Crippen LogP contribution in [-0.2, 0) is 6.61 Å². The predicted octanol–water partition coefficient (Wildman–Crippen LogP) is 4.57. The number of halogens is 1. The highest BCUT2D eigenvalue weighted by atomic mass is 35.5. The second-order valence-corrected chi connectivity index (χ2v) is 7.48. The van der Waals surface area contributed by atoms with Crippen LogP contribution in [0.15, 0.2) is 53.9 Å². The van der Waals surface area contributed by atoms with Crippen molar-refractivity contribution < 1.29 is 14.2 Å². The highest BCUT2D eigenvalue weighted by molar-refractivity contribution is 6.30. The Labute approximate surface area is 185 Å². The number of nitrogens with zero attached hydrogens (tertiary/aromatic N) is 2. The molecule has 8 heteroatoms. The van der Waals surface area contributed by atoms with Crippen molar-refractivity contribution in [2.24, 2.45) is 5.73 Å². The first-order chi connectivity index (χ1) is 15.0. The zero-order valence-electron chi connectivity index (χ0n) is 17.1. The van der Waals surface area contributed by atoms with Crippen molar-refractivity contribution in [1.29, 1.82) is 5.26 Å². The van der Waals surface area contributed by atoms with Crippen LogP contribution < -0.4 is 19.9 Å². The molecule has 3 N–H and O–H groups in total. The second kappa shape index (κ2) is 8.62. The fourth-order valence-corrected chi connectivity index (χ4v) is 3.69. The highest BCUT2D eigenvalue weighted by Gasteiger charge is 2.34. The van der Waals surface area contributed by atoms with Gasteiger partial charge < -0.3 is 19.9 Å². The van der Waals surface area contributed by atoms with E-state index in [1.807, 2.05) is 56.3 Å². The fraction of sp³-hybridized carbons (Fsp3) is 0.217. The number of nitrogens with two attached hydrogens (primary N) is 1. The van der Waals surface area contributed by atoms with Gasteiger partial charge in [-0.1, -0.05) is 29.8 Å². The summed E-state index contributed by atoms with van der Waals surface area (Å²) in [5.74, 6) is 1.19. The number of nitrogens with one attached hydrogen (secondary N) is 1. The SMILES string of the molecule is CCOc1cc([C@H]2C(C#N)=C(N)Oc3n[nH]c(C)c32)ccc1OCc1ccc(Cl)cc1. The van der Waals surface area contributed by atoms with Gasteiger partial charge in [-0.15, -0.1) is 5.10 Å². The summed E-state index contributed by atoms with van der Waals surface area (Å²) in [4.78, 5) is 0. The lowest BCUT2D eigenvalue weighted by molar-refractivity contribution is 0.269. The van der Waals surface area contributed by atoms with Crippen molar-refractivity contribution in [2.75, 3.05) is 6.61 Å². The number of aryl methyl sites for hydroxylation is 1. The number of hydrogen-bond donors (Lipinski definition) is 2. The van der Waals surface area contributed by atoms with Gasteiger partial charge in [0.1, 0.15) is 18.2 Å². The van der Waals surface area contributed by atoms with E-state index < -0.39 is 5.92 Å². The number of fused-ring (bicyclic) bond motifs is 1. The standard InChI is InChI=1S/C23H21ClN4O3/c1-3-29-19-10-15(6-9-18(19)30-12-14-4-7-16(24)8-5-14)21-17(11-25)22(26)31-23-20(21)13(2)27-28-23/h4-10,21H,3,12,26H2,1-2H3,(H,27,28)/t21-/m0/s1. The summed E-state index contributed by atoms with van der Waals surface area (Å²) in [6.07, 6.45) is 0. The van der Waals surface area contributed by atoms with Crippen LogP contribution in [0.3, 0.4) is 0 Å². The molecule has 1 atom stereocenters. The number of H-pyrrole nitrogens is 1. The molecule has 0 aliphatic carbocycles. The van der Waals surface area contributed by atoms with E-state index in [-0.39, 0.29) is 5.88 Å². The van der Waals surface area contributed by atoms with Gasteiger partial charge in [-0.2, -0.15) is 5.26 Å².